The van der Waals surface area contributed by atoms with E-state index in [0.29, 0.717) is 19.5 Å². The molecule has 0 spiro atoms. The maximum absolute atomic E-state index is 13.0. The number of para-hydroxylation sites is 1. The van der Waals surface area contributed by atoms with Crippen LogP contribution in [-0.4, -0.2) is 34.0 Å². The van der Waals surface area contributed by atoms with Gasteiger partial charge in [-0.1, -0.05) is 17.3 Å². The van der Waals surface area contributed by atoms with Gasteiger partial charge < -0.3 is 11.1 Å². The Morgan fingerprint density at radius 1 is 1.26 bits per heavy atom. The molecule has 0 bridgehead atoms. The quantitative estimate of drug-likeness (QED) is 0.792. The number of nitrogens with two attached hydrogens (primary N) is 1. The third-order valence-electron chi connectivity index (χ3n) is 3.10. The number of nitrogens with one attached hydrogen (secondary N) is 1. The first-order valence-corrected chi connectivity index (χ1v) is 7.00. The van der Waals surface area contributed by atoms with E-state index >= 15 is 0 Å². The Balaban J connectivity index is 2.15. The second kappa shape index (κ2) is 7.23. The lowest BCUT2D eigenvalue weighted by molar-refractivity contribution is -0.137. The molecule has 3 N–H and O–H groups in total. The standard InChI is InChI=1S/C14H16F3N5O/c15-14(16,17)10-5-1-2-6-12(10)22-9-11(20-21-22)13(23)19-8-4-3-7-18/h1-2,5-6,9H,3-4,7-8,18H2,(H,19,23). The number of aromatic nitrogens is 3. The van der Waals surface area contributed by atoms with Gasteiger partial charge in [0.15, 0.2) is 5.69 Å². The number of carbonyl (C=O) groups is 1. The largest absolute Gasteiger partial charge is 0.418 e. The van der Waals surface area contributed by atoms with E-state index in [2.05, 4.69) is 15.6 Å². The van der Waals surface area contributed by atoms with E-state index in [1.165, 1.54) is 24.4 Å². The van der Waals surface area contributed by atoms with Gasteiger partial charge in [-0.2, -0.15) is 13.2 Å². The molecule has 9 heteroatoms. The molecule has 23 heavy (non-hydrogen) atoms. The summed E-state index contributed by atoms with van der Waals surface area (Å²) in [4.78, 5) is 11.9. The second-order valence-corrected chi connectivity index (χ2v) is 4.81. The van der Waals surface area contributed by atoms with E-state index < -0.39 is 17.6 Å². The number of amides is 1. The van der Waals surface area contributed by atoms with Crippen molar-refractivity contribution in [3.63, 3.8) is 0 Å². The summed E-state index contributed by atoms with van der Waals surface area (Å²) >= 11 is 0. The normalized spacial score (nSPS) is 11.5. The highest BCUT2D eigenvalue weighted by Gasteiger charge is 2.34. The van der Waals surface area contributed by atoms with E-state index in [0.717, 1.165) is 17.2 Å². The van der Waals surface area contributed by atoms with Crippen molar-refractivity contribution in [2.45, 2.75) is 19.0 Å². The number of hydrogen-bond acceptors (Lipinski definition) is 4. The molecule has 1 heterocycles. The van der Waals surface area contributed by atoms with Crippen molar-refractivity contribution >= 4 is 5.91 Å². The van der Waals surface area contributed by atoms with Crippen LogP contribution in [-0.2, 0) is 6.18 Å². The zero-order chi connectivity index (χ0) is 16.9. The molecule has 0 aliphatic carbocycles. The molecule has 0 radical (unpaired) electrons. The van der Waals surface area contributed by atoms with Crippen LogP contribution >= 0.6 is 0 Å². The van der Waals surface area contributed by atoms with Crippen LogP contribution in [0.1, 0.15) is 28.9 Å². The summed E-state index contributed by atoms with van der Waals surface area (Å²) in [5, 5.41) is 9.85. The SMILES string of the molecule is NCCCCNC(=O)c1cn(-c2ccccc2C(F)(F)F)nn1. The average molecular weight is 327 g/mol. The van der Waals surface area contributed by atoms with Gasteiger partial charge in [-0.05, 0) is 31.5 Å². The number of hydrogen-bond donors (Lipinski definition) is 2. The zero-order valence-electron chi connectivity index (χ0n) is 12.2. The zero-order valence-corrected chi connectivity index (χ0v) is 12.2. The molecule has 0 saturated carbocycles. The fourth-order valence-electron chi connectivity index (χ4n) is 1.96. The number of benzene rings is 1. The molecular weight excluding hydrogens is 311 g/mol. The Kier molecular flexibility index (Phi) is 5.32. The Hall–Kier alpha value is -2.42. The van der Waals surface area contributed by atoms with Crippen LogP contribution in [0.15, 0.2) is 30.5 Å². The third kappa shape index (κ3) is 4.28. The molecule has 2 rings (SSSR count). The van der Waals surface area contributed by atoms with Crippen LogP contribution in [0, 0.1) is 0 Å². The predicted molar refractivity (Wildman–Crippen MR) is 77.0 cm³/mol. The van der Waals surface area contributed by atoms with Crippen molar-refractivity contribution in [1.82, 2.24) is 20.3 Å². The molecule has 0 unspecified atom stereocenters. The predicted octanol–water partition coefficient (Wildman–Crippen LogP) is 1.75. The Morgan fingerprint density at radius 2 is 2.00 bits per heavy atom. The fourth-order valence-corrected chi connectivity index (χ4v) is 1.96. The average Bonchev–Trinajstić information content (AvgIpc) is 3.00. The molecule has 1 aromatic heterocycles. The van der Waals surface area contributed by atoms with Crippen LogP contribution < -0.4 is 11.1 Å². The first-order valence-electron chi connectivity index (χ1n) is 7.00. The monoisotopic (exact) mass is 327 g/mol. The van der Waals surface area contributed by atoms with Gasteiger partial charge in [0.1, 0.15) is 0 Å². The smallest absolute Gasteiger partial charge is 0.351 e. The number of unbranched alkanes of at least 4 members (excludes halogenated alkanes) is 1. The van der Waals surface area contributed by atoms with Crippen LogP contribution in [0.2, 0.25) is 0 Å². The summed E-state index contributed by atoms with van der Waals surface area (Å²) in [7, 11) is 0. The summed E-state index contributed by atoms with van der Waals surface area (Å²) < 4.78 is 39.9. The van der Waals surface area contributed by atoms with Crippen molar-refractivity contribution in [3.8, 4) is 5.69 Å². The van der Waals surface area contributed by atoms with Gasteiger partial charge in [-0.3, -0.25) is 4.79 Å². The highest BCUT2D eigenvalue weighted by molar-refractivity contribution is 5.91. The molecule has 0 aliphatic rings. The first kappa shape index (κ1) is 16.9. The van der Waals surface area contributed by atoms with Gasteiger partial charge >= 0.3 is 6.18 Å². The van der Waals surface area contributed by atoms with Crippen LogP contribution in [0.4, 0.5) is 13.2 Å². The highest BCUT2D eigenvalue weighted by atomic mass is 19.4. The molecule has 124 valence electrons. The van der Waals surface area contributed by atoms with Gasteiger partial charge in [0.2, 0.25) is 0 Å². The van der Waals surface area contributed by atoms with Crippen LogP contribution in [0.3, 0.4) is 0 Å². The number of halogens is 3. The number of rotatable bonds is 6. The van der Waals surface area contributed by atoms with E-state index in [1.807, 2.05) is 0 Å². The van der Waals surface area contributed by atoms with Crippen LogP contribution in [0.5, 0.6) is 0 Å². The minimum Gasteiger partial charge on any atom is -0.351 e. The lowest BCUT2D eigenvalue weighted by Gasteiger charge is -2.11. The second-order valence-electron chi connectivity index (χ2n) is 4.81. The van der Waals surface area contributed by atoms with Gasteiger partial charge in [-0.15, -0.1) is 5.10 Å². The Morgan fingerprint density at radius 3 is 2.70 bits per heavy atom. The maximum atomic E-state index is 13.0. The minimum atomic E-state index is -4.52. The Bertz CT molecular complexity index is 668. The minimum absolute atomic E-state index is 0.0465. The topological polar surface area (TPSA) is 85.8 Å². The molecule has 0 atom stereocenters. The van der Waals surface area contributed by atoms with Gasteiger partial charge in [0.05, 0.1) is 17.4 Å². The molecule has 0 aliphatic heterocycles. The van der Waals surface area contributed by atoms with E-state index in [4.69, 9.17) is 5.73 Å². The lowest BCUT2D eigenvalue weighted by Crippen LogP contribution is -2.25. The molecule has 0 saturated heterocycles. The van der Waals surface area contributed by atoms with E-state index in [9.17, 15) is 18.0 Å². The summed E-state index contributed by atoms with van der Waals surface area (Å²) in [6, 6.07) is 4.96. The summed E-state index contributed by atoms with van der Waals surface area (Å²) in [6.07, 6.45) is -1.87. The van der Waals surface area contributed by atoms with Crippen molar-refractivity contribution in [2.24, 2.45) is 5.73 Å². The molecule has 2 aromatic rings. The molecule has 6 nitrogen and oxygen atoms in total. The van der Waals surface area contributed by atoms with Gasteiger partial charge in [-0.25, -0.2) is 4.68 Å². The van der Waals surface area contributed by atoms with Gasteiger partial charge in [0.25, 0.3) is 5.91 Å². The van der Waals surface area contributed by atoms with Crippen LogP contribution in [0.25, 0.3) is 5.69 Å². The summed E-state index contributed by atoms with van der Waals surface area (Å²) in [5.41, 5.74) is 4.26. The lowest BCUT2D eigenvalue weighted by atomic mass is 10.1. The first-order chi connectivity index (χ1) is 10.9. The summed E-state index contributed by atoms with van der Waals surface area (Å²) in [5.74, 6) is -0.488. The number of nitrogens with zero attached hydrogens (tertiary/aromatic N) is 3. The third-order valence-corrected chi connectivity index (χ3v) is 3.10. The van der Waals surface area contributed by atoms with Crippen molar-refractivity contribution in [1.29, 1.82) is 0 Å². The molecule has 1 aromatic carbocycles. The van der Waals surface area contributed by atoms with Crippen molar-refractivity contribution in [2.75, 3.05) is 13.1 Å². The molecule has 0 fully saturated rings. The number of carbonyl (C=O) groups excluding carboxylic acids is 1. The Labute approximate surface area is 130 Å². The maximum Gasteiger partial charge on any atom is 0.418 e. The fraction of sp³-hybridized carbons (Fsp3) is 0.357. The number of alkyl halides is 3. The molecular formula is C14H16F3N5O. The summed E-state index contributed by atoms with van der Waals surface area (Å²) in [6.45, 7) is 0.947. The van der Waals surface area contributed by atoms with E-state index in [1.54, 1.807) is 0 Å². The van der Waals surface area contributed by atoms with Gasteiger partial charge in [0, 0.05) is 6.54 Å². The van der Waals surface area contributed by atoms with Crippen molar-refractivity contribution < 1.29 is 18.0 Å². The van der Waals surface area contributed by atoms with Crippen molar-refractivity contribution in [3.05, 3.63) is 41.7 Å². The van der Waals surface area contributed by atoms with E-state index in [-0.39, 0.29) is 11.4 Å². The molecule has 1 amide bonds. The highest BCUT2D eigenvalue weighted by Crippen LogP contribution is 2.33.